The Labute approximate surface area is 124 Å². The van der Waals surface area contributed by atoms with E-state index in [4.69, 9.17) is 9.47 Å². The molecular formula is C17H21NO3. The molecule has 0 spiro atoms. The Kier molecular flexibility index (Phi) is 3.34. The maximum absolute atomic E-state index is 11.8. The molecule has 2 saturated carbocycles. The first-order chi connectivity index (χ1) is 10.3. The van der Waals surface area contributed by atoms with Crippen molar-refractivity contribution in [3.05, 3.63) is 35.9 Å². The quantitative estimate of drug-likeness (QED) is 0.868. The number of ether oxygens (including phenoxy) is 2. The van der Waals surface area contributed by atoms with Gasteiger partial charge in [-0.1, -0.05) is 30.3 Å². The van der Waals surface area contributed by atoms with Crippen LogP contribution in [0.2, 0.25) is 0 Å². The second kappa shape index (κ2) is 5.34. The van der Waals surface area contributed by atoms with Gasteiger partial charge in [0, 0.05) is 12.5 Å². The van der Waals surface area contributed by atoms with Crippen LogP contribution in [0.3, 0.4) is 0 Å². The van der Waals surface area contributed by atoms with Gasteiger partial charge in [-0.3, -0.25) is 5.32 Å². The summed E-state index contributed by atoms with van der Waals surface area (Å²) in [6, 6.07) is 10.2. The molecule has 4 rings (SSSR count). The maximum atomic E-state index is 11.8. The molecule has 3 fully saturated rings. The van der Waals surface area contributed by atoms with E-state index in [1.54, 1.807) is 0 Å². The largest absolute Gasteiger partial charge is 0.510 e. The molecule has 2 aliphatic carbocycles. The van der Waals surface area contributed by atoms with Crippen molar-refractivity contribution in [2.75, 3.05) is 0 Å². The highest BCUT2D eigenvalue weighted by Crippen LogP contribution is 2.52. The zero-order chi connectivity index (χ0) is 14.2. The first kappa shape index (κ1) is 13.1. The standard InChI is InChI=1S/C17H21NO3/c19-17(20-10-11-4-2-1-3-5-11)21-15-9-14-12-6-7-13(8-12)16(14)18-15/h1-5,12-16,18H,6-10H2/t12-,13+,14-,15+,16+/m1/s1. The normalized spacial score (nSPS) is 36.5. The minimum atomic E-state index is -0.566. The summed E-state index contributed by atoms with van der Waals surface area (Å²) in [6.45, 7) is 0.268. The van der Waals surface area contributed by atoms with Crippen LogP contribution in [0.25, 0.3) is 0 Å². The third-order valence-electron chi connectivity index (χ3n) is 5.39. The van der Waals surface area contributed by atoms with Crippen LogP contribution in [-0.2, 0) is 16.1 Å². The lowest BCUT2D eigenvalue weighted by Crippen LogP contribution is -2.37. The molecule has 3 aliphatic rings. The first-order valence-electron chi connectivity index (χ1n) is 7.93. The smallest absolute Gasteiger partial charge is 0.429 e. The highest BCUT2D eigenvalue weighted by molar-refractivity contribution is 5.60. The molecule has 0 aromatic heterocycles. The zero-order valence-corrected chi connectivity index (χ0v) is 12.0. The number of fused-ring (bicyclic) bond motifs is 5. The summed E-state index contributed by atoms with van der Waals surface area (Å²) in [6.07, 6.45) is 4.29. The molecule has 0 amide bonds. The third-order valence-corrected chi connectivity index (χ3v) is 5.39. The van der Waals surface area contributed by atoms with Gasteiger partial charge >= 0.3 is 6.16 Å². The Morgan fingerprint density at radius 3 is 2.76 bits per heavy atom. The minimum absolute atomic E-state index is 0.160. The monoisotopic (exact) mass is 287 g/mol. The Morgan fingerprint density at radius 1 is 1.14 bits per heavy atom. The van der Waals surface area contributed by atoms with E-state index in [1.165, 1.54) is 19.3 Å². The number of hydrogen-bond donors (Lipinski definition) is 1. The van der Waals surface area contributed by atoms with E-state index < -0.39 is 6.16 Å². The number of carbonyl (C=O) groups excluding carboxylic acids is 1. The number of nitrogens with one attached hydrogen (secondary N) is 1. The molecule has 1 saturated heterocycles. The fourth-order valence-electron chi connectivity index (χ4n) is 4.49. The van der Waals surface area contributed by atoms with Gasteiger partial charge < -0.3 is 9.47 Å². The van der Waals surface area contributed by atoms with Crippen molar-refractivity contribution in [3.8, 4) is 0 Å². The van der Waals surface area contributed by atoms with E-state index in [0.29, 0.717) is 12.0 Å². The van der Waals surface area contributed by atoms with E-state index in [1.807, 2.05) is 30.3 Å². The predicted octanol–water partition coefficient (Wildman–Crippen LogP) is 3.07. The van der Waals surface area contributed by atoms with Crippen LogP contribution in [0.4, 0.5) is 4.79 Å². The van der Waals surface area contributed by atoms with E-state index in [2.05, 4.69) is 5.32 Å². The summed E-state index contributed by atoms with van der Waals surface area (Å²) in [4.78, 5) is 11.8. The fourth-order valence-corrected chi connectivity index (χ4v) is 4.49. The van der Waals surface area contributed by atoms with Crippen molar-refractivity contribution in [3.63, 3.8) is 0 Å². The van der Waals surface area contributed by atoms with Crippen molar-refractivity contribution < 1.29 is 14.3 Å². The predicted molar refractivity (Wildman–Crippen MR) is 77.4 cm³/mol. The van der Waals surface area contributed by atoms with E-state index in [0.717, 1.165) is 23.8 Å². The highest BCUT2D eigenvalue weighted by atomic mass is 16.7. The lowest BCUT2D eigenvalue weighted by Gasteiger charge is -2.23. The molecule has 1 N–H and O–H groups in total. The second-order valence-electron chi connectivity index (χ2n) is 6.56. The molecule has 0 unspecified atom stereocenters. The van der Waals surface area contributed by atoms with Crippen molar-refractivity contribution in [1.29, 1.82) is 0 Å². The number of benzene rings is 1. The van der Waals surface area contributed by atoms with Gasteiger partial charge in [0.05, 0.1) is 0 Å². The van der Waals surface area contributed by atoms with E-state index >= 15 is 0 Å². The lowest BCUT2D eigenvalue weighted by molar-refractivity contribution is 0.0106. The van der Waals surface area contributed by atoms with Crippen LogP contribution in [0, 0.1) is 17.8 Å². The van der Waals surface area contributed by atoms with Gasteiger partial charge in [-0.15, -0.1) is 0 Å². The maximum Gasteiger partial charge on any atom is 0.510 e. The average molecular weight is 287 g/mol. The van der Waals surface area contributed by atoms with Crippen molar-refractivity contribution in [1.82, 2.24) is 5.32 Å². The zero-order valence-electron chi connectivity index (χ0n) is 12.0. The van der Waals surface area contributed by atoms with Gasteiger partial charge in [-0.05, 0) is 42.6 Å². The van der Waals surface area contributed by atoms with E-state index in [9.17, 15) is 4.79 Å². The van der Waals surface area contributed by atoms with E-state index in [-0.39, 0.29) is 12.8 Å². The molecule has 1 aromatic rings. The molecular weight excluding hydrogens is 266 g/mol. The molecule has 21 heavy (non-hydrogen) atoms. The first-order valence-corrected chi connectivity index (χ1v) is 7.93. The molecule has 1 heterocycles. The lowest BCUT2D eigenvalue weighted by atomic mass is 9.85. The van der Waals surface area contributed by atoms with Crippen LogP contribution in [0.5, 0.6) is 0 Å². The number of hydrogen-bond acceptors (Lipinski definition) is 4. The van der Waals surface area contributed by atoms with Crippen molar-refractivity contribution >= 4 is 6.16 Å². The summed E-state index contributed by atoms with van der Waals surface area (Å²) >= 11 is 0. The summed E-state index contributed by atoms with van der Waals surface area (Å²) in [5.41, 5.74) is 0.976. The average Bonchev–Trinajstić information content (AvgIpc) is 3.18. The molecule has 1 aliphatic heterocycles. The summed E-state index contributed by atoms with van der Waals surface area (Å²) in [5, 5.41) is 3.49. The Balaban J connectivity index is 1.26. The van der Waals surface area contributed by atoms with Gasteiger partial charge in [0.25, 0.3) is 0 Å². The number of rotatable bonds is 3. The van der Waals surface area contributed by atoms with Crippen LogP contribution < -0.4 is 5.32 Å². The Bertz CT molecular complexity index is 500. The molecule has 2 bridgehead atoms. The molecule has 112 valence electrons. The second-order valence-corrected chi connectivity index (χ2v) is 6.56. The number of carbonyl (C=O) groups is 1. The molecule has 5 atom stereocenters. The van der Waals surface area contributed by atoms with Crippen LogP contribution in [-0.4, -0.2) is 18.4 Å². The Morgan fingerprint density at radius 2 is 1.95 bits per heavy atom. The van der Waals surface area contributed by atoms with Crippen molar-refractivity contribution in [2.24, 2.45) is 17.8 Å². The molecule has 0 radical (unpaired) electrons. The van der Waals surface area contributed by atoms with Gasteiger partial charge in [-0.25, -0.2) is 4.79 Å². The summed E-state index contributed by atoms with van der Waals surface area (Å²) in [7, 11) is 0. The van der Waals surface area contributed by atoms with Crippen LogP contribution in [0.15, 0.2) is 30.3 Å². The Hall–Kier alpha value is -1.55. The summed E-state index contributed by atoms with van der Waals surface area (Å²) in [5.74, 6) is 2.35. The van der Waals surface area contributed by atoms with Crippen molar-refractivity contribution in [2.45, 2.75) is 44.6 Å². The molecule has 4 heteroatoms. The fraction of sp³-hybridized carbons (Fsp3) is 0.588. The third kappa shape index (κ3) is 2.53. The van der Waals surface area contributed by atoms with Gasteiger partial charge in [0.15, 0.2) is 6.23 Å². The molecule has 4 nitrogen and oxygen atoms in total. The van der Waals surface area contributed by atoms with Gasteiger partial charge in [0.1, 0.15) is 6.61 Å². The topological polar surface area (TPSA) is 47.6 Å². The van der Waals surface area contributed by atoms with Gasteiger partial charge in [-0.2, -0.15) is 0 Å². The highest BCUT2D eigenvalue weighted by Gasteiger charge is 2.52. The summed E-state index contributed by atoms with van der Waals surface area (Å²) < 4.78 is 10.6. The van der Waals surface area contributed by atoms with Crippen LogP contribution in [0.1, 0.15) is 31.2 Å². The minimum Gasteiger partial charge on any atom is -0.429 e. The van der Waals surface area contributed by atoms with Gasteiger partial charge in [0.2, 0.25) is 0 Å². The molecule has 1 aromatic carbocycles. The SMILES string of the molecule is O=C(OCc1ccccc1)O[C@H]1C[C@@H]2[C@@H]3CC[C@@H](C3)[C@@H]2N1. The van der Waals surface area contributed by atoms with Crippen LogP contribution >= 0.6 is 0 Å².